The lowest BCUT2D eigenvalue weighted by Gasteiger charge is -2.31. The van der Waals surface area contributed by atoms with Crippen LogP contribution < -0.4 is 5.73 Å². The van der Waals surface area contributed by atoms with Gasteiger partial charge in [0.15, 0.2) is 0 Å². The van der Waals surface area contributed by atoms with E-state index in [9.17, 15) is 0 Å². The molecule has 0 aromatic heterocycles. The van der Waals surface area contributed by atoms with Crippen LogP contribution in [0, 0.1) is 11.3 Å². The van der Waals surface area contributed by atoms with E-state index in [1.54, 1.807) is 6.92 Å². The molecule has 4 nitrogen and oxygen atoms in total. The molecule has 2 atom stereocenters. The third-order valence-electron chi connectivity index (χ3n) is 2.83. The van der Waals surface area contributed by atoms with Crippen LogP contribution in [0.4, 0.5) is 0 Å². The van der Waals surface area contributed by atoms with Gasteiger partial charge >= 0.3 is 0 Å². The second-order valence-electron chi connectivity index (χ2n) is 5.02. The van der Waals surface area contributed by atoms with Gasteiger partial charge in [-0.05, 0) is 40.9 Å². The van der Waals surface area contributed by atoms with E-state index in [0.29, 0.717) is 6.04 Å². The van der Waals surface area contributed by atoms with Crippen molar-refractivity contribution < 1.29 is 0 Å². The van der Waals surface area contributed by atoms with E-state index in [-0.39, 0.29) is 0 Å². The first-order valence-corrected chi connectivity index (χ1v) is 5.91. The van der Waals surface area contributed by atoms with Gasteiger partial charge in [-0.25, -0.2) is 0 Å². The van der Waals surface area contributed by atoms with Gasteiger partial charge in [-0.1, -0.05) is 6.92 Å². The summed E-state index contributed by atoms with van der Waals surface area (Å²) < 4.78 is 0. The fourth-order valence-corrected chi connectivity index (χ4v) is 1.77. The van der Waals surface area contributed by atoms with Gasteiger partial charge in [0.2, 0.25) is 0 Å². The lowest BCUT2D eigenvalue weighted by Crippen LogP contribution is -2.44. The van der Waals surface area contributed by atoms with Gasteiger partial charge in [-0.2, -0.15) is 5.26 Å². The maximum absolute atomic E-state index is 8.86. The van der Waals surface area contributed by atoms with Crippen molar-refractivity contribution in [3.05, 3.63) is 0 Å². The lowest BCUT2D eigenvalue weighted by atomic mass is 10.0. The lowest BCUT2D eigenvalue weighted by molar-refractivity contribution is 0.173. The van der Waals surface area contributed by atoms with E-state index in [2.05, 4.69) is 43.8 Å². The first kappa shape index (κ1) is 15.4. The minimum absolute atomic E-state index is 0.495. The summed E-state index contributed by atoms with van der Waals surface area (Å²) in [5, 5.41) is 8.86. The molecular weight excluding hydrogens is 200 g/mol. The minimum Gasteiger partial charge on any atom is -0.314 e. The van der Waals surface area contributed by atoms with Gasteiger partial charge in [-0.15, -0.1) is 0 Å². The maximum Gasteiger partial charge on any atom is 0.102 e. The summed E-state index contributed by atoms with van der Waals surface area (Å²) in [6.07, 6.45) is 0.717. The Morgan fingerprint density at radius 3 is 2.38 bits per heavy atom. The van der Waals surface area contributed by atoms with E-state index < -0.39 is 5.54 Å². The molecule has 0 aliphatic heterocycles. The number of hydrogen-bond donors (Lipinski definition) is 1. The van der Waals surface area contributed by atoms with E-state index in [1.165, 1.54) is 0 Å². The quantitative estimate of drug-likeness (QED) is 0.700. The van der Waals surface area contributed by atoms with Crippen LogP contribution in [-0.2, 0) is 0 Å². The van der Waals surface area contributed by atoms with Gasteiger partial charge in [0.05, 0.1) is 6.07 Å². The van der Waals surface area contributed by atoms with Crippen LogP contribution in [0.25, 0.3) is 0 Å². The molecule has 0 radical (unpaired) electrons. The molecule has 0 rings (SSSR count). The molecule has 0 aromatic carbocycles. The van der Waals surface area contributed by atoms with E-state index in [0.717, 1.165) is 26.1 Å². The molecule has 0 bridgehead atoms. The van der Waals surface area contributed by atoms with Gasteiger partial charge in [0.1, 0.15) is 5.54 Å². The highest BCUT2D eigenvalue weighted by Crippen LogP contribution is 2.08. The Morgan fingerprint density at radius 2 is 2.00 bits per heavy atom. The Labute approximate surface area is 100 Å². The smallest absolute Gasteiger partial charge is 0.102 e. The van der Waals surface area contributed by atoms with Crippen molar-refractivity contribution in [2.24, 2.45) is 5.73 Å². The summed E-state index contributed by atoms with van der Waals surface area (Å²) >= 11 is 0. The molecule has 0 saturated heterocycles. The van der Waals surface area contributed by atoms with Gasteiger partial charge in [-0.3, -0.25) is 4.90 Å². The Bertz CT molecular complexity index is 230. The molecule has 16 heavy (non-hydrogen) atoms. The molecule has 2 unspecified atom stereocenters. The van der Waals surface area contributed by atoms with Crippen LogP contribution in [0.2, 0.25) is 0 Å². The van der Waals surface area contributed by atoms with Crippen LogP contribution in [0.5, 0.6) is 0 Å². The van der Waals surface area contributed by atoms with E-state index in [1.807, 2.05) is 0 Å². The van der Waals surface area contributed by atoms with Crippen molar-refractivity contribution in [1.29, 1.82) is 5.26 Å². The van der Waals surface area contributed by atoms with E-state index in [4.69, 9.17) is 11.0 Å². The summed E-state index contributed by atoms with van der Waals surface area (Å²) in [6, 6.07) is 2.64. The fraction of sp³-hybridized carbons (Fsp3) is 0.917. The summed E-state index contributed by atoms with van der Waals surface area (Å²) in [6.45, 7) is 9.05. The Kier molecular flexibility index (Phi) is 6.58. The number of nitrogens with two attached hydrogens (primary N) is 1. The van der Waals surface area contributed by atoms with Gasteiger partial charge in [0, 0.05) is 19.1 Å². The fourth-order valence-electron chi connectivity index (χ4n) is 1.77. The summed E-state index contributed by atoms with van der Waals surface area (Å²) in [5.41, 5.74) is 5.12. The van der Waals surface area contributed by atoms with Crippen LogP contribution in [0.15, 0.2) is 0 Å². The first-order chi connectivity index (χ1) is 7.32. The van der Waals surface area contributed by atoms with Crippen LogP contribution in [-0.4, -0.2) is 55.1 Å². The normalized spacial score (nSPS) is 17.2. The molecule has 0 spiro atoms. The zero-order chi connectivity index (χ0) is 12.8. The standard InChI is InChI=1S/C12H26N4/c1-6-16(11(2)9-15(4)5)8-7-12(3,14)10-13/h11H,6-9,14H2,1-5H3. The Balaban J connectivity index is 4.16. The average molecular weight is 226 g/mol. The van der Waals surface area contributed by atoms with Crippen molar-refractivity contribution in [3.8, 4) is 6.07 Å². The Hall–Kier alpha value is -0.630. The maximum atomic E-state index is 8.86. The molecule has 0 aliphatic rings. The largest absolute Gasteiger partial charge is 0.314 e. The van der Waals surface area contributed by atoms with Crippen molar-refractivity contribution in [3.63, 3.8) is 0 Å². The number of nitriles is 1. The van der Waals surface area contributed by atoms with Crippen molar-refractivity contribution in [2.45, 2.75) is 38.8 Å². The third kappa shape index (κ3) is 6.06. The molecular formula is C12H26N4. The SMILES string of the molecule is CCN(CCC(C)(N)C#N)C(C)CN(C)C. The van der Waals surface area contributed by atoms with Gasteiger partial charge < -0.3 is 10.6 Å². The average Bonchev–Trinajstić information content (AvgIpc) is 2.17. The second-order valence-corrected chi connectivity index (χ2v) is 5.02. The molecule has 0 heterocycles. The summed E-state index contributed by atoms with van der Waals surface area (Å²) in [4.78, 5) is 4.54. The molecule has 0 aliphatic carbocycles. The molecule has 2 N–H and O–H groups in total. The molecule has 4 heteroatoms. The number of hydrogen-bond acceptors (Lipinski definition) is 4. The van der Waals surface area contributed by atoms with Crippen molar-refractivity contribution >= 4 is 0 Å². The highest BCUT2D eigenvalue weighted by atomic mass is 15.2. The topological polar surface area (TPSA) is 56.3 Å². The third-order valence-corrected chi connectivity index (χ3v) is 2.83. The highest BCUT2D eigenvalue weighted by molar-refractivity contribution is 5.01. The predicted molar refractivity (Wildman–Crippen MR) is 68.1 cm³/mol. The van der Waals surface area contributed by atoms with Crippen LogP contribution in [0.3, 0.4) is 0 Å². The molecule has 0 saturated carbocycles. The van der Waals surface area contributed by atoms with Crippen LogP contribution >= 0.6 is 0 Å². The monoisotopic (exact) mass is 226 g/mol. The summed E-state index contributed by atoms with van der Waals surface area (Å²) in [5.74, 6) is 0. The number of nitrogens with zero attached hydrogens (tertiary/aromatic N) is 3. The van der Waals surface area contributed by atoms with Crippen molar-refractivity contribution in [2.75, 3.05) is 33.7 Å². The Morgan fingerprint density at radius 1 is 1.44 bits per heavy atom. The number of rotatable bonds is 7. The zero-order valence-electron chi connectivity index (χ0n) is 11.3. The molecule has 0 aromatic rings. The van der Waals surface area contributed by atoms with E-state index >= 15 is 0 Å². The second kappa shape index (κ2) is 6.85. The first-order valence-electron chi connectivity index (χ1n) is 5.91. The highest BCUT2D eigenvalue weighted by Gasteiger charge is 2.20. The molecule has 94 valence electrons. The minimum atomic E-state index is -0.703. The summed E-state index contributed by atoms with van der Waals surface area (Å²) in [7, 11) is 4.15. The van der Waals surface area contributed by atoms with Crippen LogP contribution in [0.1, 0.15) is 27.2 Å². The molecule has 0 fully saturated rings. The van der Waals surface area contributed by atoms with Gasteiger partial charge in [0.25, 0.3) is 0 Å². The molecule has 0 amide bonds. The zero-order valence-corrected chi connectivity index (χ0v) is 11.3. The number of likely N-dealkylation sites (N-methyl/N-ethyl adjacent to an activating group) is 2. The predicted octanol–water partition coefficient (Wildman–Crippen LogP) is 0.889. The van der Waals surface area contributed by atoms with Crippen molar-refractivity contribution in [1.82, 2.24) is 9.80 Å².